The van der Waals surface area contributed by atoms with Crippen molar-refractivity contribution in [1.82, 2.24) is 0 Å². The molecule has 40 heavy (non-hydrogen) atoms. The highest BCUT2D eigenvalue weighted by molar-refractivity contribution is 5.88. The average molecular weight is 563 g/mol. The molecule has 5 rings (SSSR count). The van der Waals surface area contributed by atoms with Gasteiger partial charge in [0.2, 0.25) is 0 Å². The van der Waals surface area contributed by atoms with Gasteiger partial charge in [-0.3, -0.25) is 4.79 Å². The lowest BCUT2D eigenvalue weighted by molar-refractivity contribution is -0.336. The number of phenols is 3. The summed E-state index contributed by atoms with van der Waals surface area (Å²) in [7, 11) is 0. The third-order valence-electron chi connectivity index (χ3n) is 7.37. The number of benzene rings is 2. The number of rotatable bonds is 4. The molecule has 2 aromatic carbocycles. The van der Waals surface area contributed by atoms with Crippen LogP contribution in [0.15, 0.2) is 45.6 Å². The third kappa shape index (κ3) is 4.80. The molecule has 3 heterocycles. The fourth-order valence-electron chi connectivity index (χ4n) is 5.06. The first-order valence-electron chi connectivity index (χ1n) is 12.6. The lowest BCUT2D eigenvalue weighted by Crippen LogP contribution is -2.61. The molecule has 0 radical (unpaired) electrons. The smallest absolute Gasteiger partial charge is 0.197 e. The summed E-state index contributed by atoms with van der Waals surface area (Å²) in [5.41, 5.74) is -0.767. The van der Waals surface area contributed by atoms with Gasteiger partial charge in [-0.2, -0.15) is 0 Å². The Hall–Kier alpha value is -3.27. The van der Waals surface area contributed by atoms with Crippen molar-refractivity contribution in [3.63, 3.8) is 0 Å². The highest BCUT2D eigenvalue weighted by Crippen LogP contribution is 2.46. The van der Waals surface area contributed by atoms with Crippen LogP contribution in [0, 0.1) is 0 Å². The number of aliphatic hydroxyl groups is 5. The molecule has 0 saturated carbocycles. The van der Waals surface area contributed by atoms with Crippen molar-refractivity contribution in [1.29, 1.82) is 0 Å². The minimum atomic E-state index is -1.76. The van der Waals surface area contributed by atoms with E-state index in [0.717, 1.165) is 12.1 Å². The monoisotopic (exact) mass is 562 g/mol. The van der Waals surface area contributed by atoms with Crippen LogP contribution in [-0.2, 0) is 14.2 Å². The molecule has 0 spiro atoms. The molecule has 1 aromatic heterocycles. The van der Waals surface area contributed by atoms with E-state index in [1.54, 1.807) is 0 Å². The number of ether oxygens (including phenoxy) is 3. The Balaban J connectivity index is 1.57. The van der Waals surface area contributed by atoms with Crippen LogP contribution in [0.5, 0.6) is 17.2 Å². The molecule has 0 amide bonds. The van der Waals surface area contributed by atoms with Gasteiger partial charge in [0.25, 0.3) is 0 Å². The number of fused-ring (bicyclic) bond motifs is 1. The third-order valence-corrected chi connectivity index (χ3v) is 7.37. The Morgan fingerprint density at radius 2 is 1.40 bits per heavy atom. The van der Waals surface area contributed by atoms with Crippen LogP contribution in [-0.4, -0.2) is 96.0 Å². The van der Waals surface area contributed by atoms with Gasteiger partial charge >= 0.3 is 0 Å². The van der Waals surface area contributed by atoms with E-state index < -0.39 is 78.2 Å². The van der Waals surface area contributed by atoms with Gasteiger partial charge in [0.05, 0.1) is 17.8 Å². The Morgan fingerprint density at radius 3 is 2.08 bits per heavy atom. The van der Waals surface area contributed by atoms with Gasteiger partial charge in [-0.05, 0) is 38.1 Å². The number of aromatic hydroxyl groups is 3. The number of aliphatic hydroxyl groups excluding tert-OH is 5. The molecular weight excluding hydrogens is 532 g/mol. The van der Waals surface area contributed by atoms with Crippen LogP contribution >= 0.6 is 0 Å². The normalized spacial score (nSPS) is 34.7. The fraction of sp³-hybridized carbons (Fsp3) is 0.444. The topological polar surface area (TPSA) is 220 Å². The quantitative estimate of drug-likeness (QED) is 0.210. The van der Waals surface area contributed by atoms with Crippen LogP contribution in [0.3, 0.4) is 0 Å². The molecule has 8 N–H and O–H groups in total. The highest BCUT2D eigenvalue weighted by atomic mass is 16.7. The molecular formula is C27H30O13. The Bertz CT molecular complexity index is 1440. The second-order valence-corrected chi connectivity index (χ2v) is 10.1. The summed E-state index contributed by atoms with van der Waals surface area (Å²) in [5, 5.41) is 83.4. The number of hydrogen-bond acceptors (Lipinski definition) is 13. The molecule has 2 aliphatic rings. The summed E-state index contributed by atoms with van der Waals surface area (Å²) in [6, 6.07) is 8.01. The molecule has 216 valence electrons. The largest absolute Gasteiger partial charge is 0.508 e. The minimum absolute atomic E-state index is 0.00361. The van der Waals surface area contributed by atoms with E-state index in [1.807, 2.05) is 0 Å². The van der Waals surface area contributed by atoms with Crippen molar-refractivity contribution < 1.29 is 59.5 Å². The van der Waals surface area contributed by atoms with Gasteiger partial charge in [0.1, 0.15) is 76.7 Å². The predicted molar refractivity (Wildman–Crippen MR) is 135 cm³/mol. The average Bonchev–Trinajstić information content (AvgIpc) is 2.91. The first-order chi connectivity index (χ1) is 18.9. The van der Waals surface area contributed by atoms with E-state index in [1.165, 1.54) is 38.1 Å². The zero-order valence-electron chi connectivity index (χ0n) is 21.4. The lowest BCUT2D eigenvalue weighted by atomic mass is 9.89. The zero-order valence-corrected chi connectivity index (χ0v) is 21.4. The molecule has 0 aliphatic carbocycles. The summed E-state index contributed by atoms with van der Waals surface area (Å²) < 4.78 is 22.8. The van der Waals surface area contributed by atoms with Gasteiger partial charge in [-0.1, -0.05) is 0 Å². The Kier molecular flexibility index (Phi) is 7.50. The molecule has 10 atom stereocenters. The summed E-state index contributed by atoms with van der Waals surface area (Å²) in [5.74, 6) is -1.22. The maximum atomic E-state index is 13.1. The van der Waals surface area contributed by atoms with Gasteiger partial charge in [-0.15, -0.1) is 0 Å². The van der Waals surface area contributed by atoms with Gasteiger partial charge < -0.3 is 59.5 Å². The van der Waals surface area contributed by atoms with Crippen molar-refractivity contribution in [3.8, 4) is 28.6 Å². The molecule has 2 saturated heterocycles. The molecule has 0 unspecified atom stereocenters. The van der Waals surface area contributed by atoms with E-state index >= 15 is 0 Å². The van der Waals surface area contributed by atoms with Crippen molar-refractivity contribution in [2.45, 2.75) is 75.1 Å². The maximum absolute atomic E-state index is 13.1. The fourth-order valence-corrected chi connectivity index (χ4v) is 5.06. The predicted octanol–water partition coefficient (Wildman–Crippen LogP) is -0.0289. The SMILES string of the molecule is C[C@@H]1O[C@@H](O[C@@H]2[C@H](O)[C@@H](O)[C@H](C)O[C@@H]2c2c(O)cc3oc(-c4ccc(O)cc4)cc(=O)c3c2O)[C@H](O)[C@H](O)[C@H]1O. The van der Waals surface area contributed by atoms with Crippen LogP contribution < -0.4 is 5.43 Å². The van der Waals surface area contributed by atoms with Crippen LogP contribution in [0.4, 0.5) is 0 Å². The van der Waals surface area contributed by atoms with E-state index in [4.69, 9.17) is 18.6 Å². The van der Waals surface area contributed by atoms with Crippen LogP contribution in [0.25, 0.3) is 22.3 Å². The van der Waals surface area contributed by atoms with Gasteiger partial charge in [0, 0.05) is 17.7 Å². The van der Waals surface area contributed by atoms with E-state index in [2.05, 4.69) is 0 Å². The highest BCUT2D eigenvalue weighted by Gasteiger charge is 2.50. The molecule has 0 bridgehead atoms. The summed E-state index contributed by atoms with van der Waals surface area (Å²) in [6.45, 7) is 2.85. The van der Waals surface area contributed by atoms with E-state index in [9.17, 15) is 45.6 Å². The van der Waals surface area contributed by atoms with Crippen molar-refractivity contribution in [3.05, 3.63) is 52.2 Å². The van der Waals surface area contributed by atoms with Gasteiger partial charge in [-0.25, -0.2) is 0 Å². The van der Waals surface area contributed by atoms with Crippen LogP contribution in [0.2, 0.25) is 0 Å². The second-order valence-electron chi connectivity index (χ2n) is 10.1. The molecule has 3 aromatic rings. The molecule has 2 aliphatic heterocycles. The summed E-state index contributed by atoms with van der Waals surface area (Å²) >= 11 is 0. The standard InChI is InChI=1S/C27H30O13/c1-9-20(32)23(35)26(40-27-24(36)22(34)19(31)10(2)38-27)25(37-9)18-14(30)8-16-17(21(18)33)13(29)7-15(39-16)11-3-5-12(28)6-4-11/h3-10,19-20,22-28,30-36H,1-2H3/t9-,10-,19-,20-,22+,23+,24+,25+,26+,27-/m0/s1. The molecule has 13 nitrogen and oxygen atoms in total. The molecule has 13 heteroatoms. The van der Waals surface area contributed by atoms with E-state index in [-0.39, 0.29) is 28.0 Å². The first kappa shape index (κ1) is 28.3. The van der Waals surface area contributed by atoms with Crippen molar-refractivity contribution >= 4 is 11.0 Å². The summed E-state index contributed by atoms with van der Waals surface area (Å²) in [4.78, 5) is 13.1. The van der Waals surface area contributed by atoms with E-state index in [0.29, 0.717) is 5.56 Å². The van der Waals surface area contributed by atoms with Crippen molar-refractivity contribution in [2.24, 2.45) is 0 Å². The first-order valence-corrected chi connectivity index (χ1v) is 12.6. The maximum Gasteiger partial charge on any atom is 0.197 e. The Morgan fingerprint density at radius 1 is 0.775 bits per heavy atom. The van der Waals surface area contributed by atoms with Gasteiger partial charge in [0.15, 0.2) is 11.7 Å². The summed E-state index contributed by atoms with van der Waals surface area (Å²) in [6.07, 6.45) is -14.8. The number of hydrogen-bond donors (Lipinski definition) is 8. The minimum Gasteiger partial charge on any atom is -0.508 e. The lowest BCUT2D eigenvalue weighted by Gasteiger charge is -2.46. The Labute approximate surface area is 226 Å². The number of phenolic OH excluding ortho intramolecular Hbond substituents is 3. The molecule has 2 fully saturated rings. The van der Waals surface area contributed by atoms with Crippen molar-refractivity contribution in [2.75, 3.05) is 0 Å². The zero-order chi connectivity index (χ0) is 29.0. The second kappa shape index (κ2) is 10.6. The van der Waals surface area contributed by atoms with Crippen LogP contribution in [0.1, 0.15) is 25.5 Å².